The molecule has 6 heteroatoms. The summed E-state index contributed by atoms with van der Waals surface area (Å²) in [5.41, 5.74) is 8.54. The van der Waals surface area contributed by atoms with Crippen LogP contribution in [0, 0.1) is 13.8 Å². The van der Waals surface area contributed by atoms with Crippen LogP contribution in [0.2, 0.25) is 5.02 Å². The van der Waals surface area contributed by atoms with E-state index in [9.17, 15) is 8.42 Å². The van der Waals surface area contributed by atoms with Gasteiger partial charge in [0.1, 0.15) is 4.90 Å². The van der Waals surface area contributed by atoms with Gasteiger partial charge < -0.3 is 5.73 Å². The molecule has 2 aromatic carbocycles. The van der Waals surface area contributed by atoms with E-state index in [0.29, 0.717) is 10.7 Å². The average Bonchev–Trinajstić information content (AvgIpc) is 2.39. The summed E-state index contributed by atoms with van der Waals surface area (Å²) in [6.07, 6.45) is 0. The number of aryl methyl sites for hydroxylation is 2. The Morgan fingerprint density at radius 2 is 1.62 bits per heavy atom. The van der Waals surface area contributed by atoms with Crippen LogP contribution in [0.15, 0.2) is 41.3 Å². The quantitative estimate of drug-likeness (QED) is 0.880. The first-order chi connectivity index (χ1) is 9.71. The van der Waals surface area contributed by atoms with Gasteiger partial charge in [0.05, 0.1) is 11.4 Å². The van der Waals surface area contributed by atoms with E-state index in [0.717, 1.165) is 11.1 Å². The van der Waals surface area contributed by atoms with Gasteiger partial charge >= 0.3 is 0 Å². The van der Waals surface area contributed by atoms with Gasteiger partial charge in [-0.3, -0.25) is 4.31 Å². The summed E-state index contributed by atoms with van der Waals surface area (Å²) in [5, 5.41) is 0.330. The molecule has 112 valence electrons. The van der Waals surface area contributed by atoms with E-state index in [-0.39, 0.29) is 10.6 Å². The highest BCUT2D eigenvalue weighted by Gasteiger charge is 2.24. The van der Waals surface area contributed by atoms with Crippen molar-refractivity contribution in [2.24, 2.45) is 0 Å². The predicted molar refractivity (Wildman–Crippen MR) is 87.4 cm³/mol. The van der Waals surface area contributed by atoms with E-state index in [1.807, 2.05) is 32.0 Å². The molecule has 2 aromatic rings. The number of benzene rings is 2. The van der Waals surface area contributed by atoms with Crippen molar-refractivity contribution in [1.82, 2.24) is 0 Å². The van der Waals surface area contributed by atoms with Crippen LogP contribution in [-0.4, -0.2) is 15.5 Å². The maximum Gasteiger partial charge on any atom is 0.266 e. The third kappa shape index (κ3) is 3.14. The molecule has 0 radical (unpaired) electrons. The largest absolute Gasteiger partial charge is 0.398 e. The second-order valence-corrected chi connectivity index (χ2v) is 7.37. The van der Waals surface area contributed by atoms with Crippen LogP contribution in [-0.2, 0) is 10.0 Å². The maximum atomic E-state index is 12.7. The molecule has 4 nitrogen and oxygen atoms in total. The fraction of sp³-hybridized carbons (Fsp3) is 0.200. The summed E-state index contributed by atoms with van der Waals surface area (Å²) in [4.78, 5) is 0.0108. The highest BCUT2D eigenvalue weighted by Crippen LogP contribution is 2.29. The molecule has 0 bridgehead atoms. The number of anilines is 2. The van der Waals surface area contributed by atoms with Crippen LogP contribution in [0.3, 0.4) is 0 Å². The molecule has 0 spiro atoms. The van der Waals surface area contributed by atoms with Gasteiger partial charge in [0.15, 0.2) is 0 Å². The molecule has 21 heavy (non-hydrogen) atoms. The molecule has 2 rings (SSSR count). The maximum absolute atomic E-state index is 12.7. The SMILES string of the molecule is Cc1cc(C)cc(N(C)S(=O)(=O)c2cc(Cl)ccc2N)c1. The summed E-state index contributed by atoms with van der Waals surface area (Å²) in [6.45, 7) is 3.84. The number of sulfonamides is 1. The Balaban J connectivity index is 2.55. The van der Waals surface area contributed by atoms with Crippen molar-refractivity contribution in [1.29, 1.82) is 0 Å². The highest BCUT2D eigenvalue weighted by molar-refractivity contribution is 7.93. The van der Waals surface area contributed by atoms with Gasteiger partial charge in [-0.05, 0) is 55.3 Å². The minimum absolute atomic E-state index is 0.0108. The van der Waals surface area contributed by atoms with Crippen molar-refractivity contribution in [2.45, 2.75) is 18.7 Å². The van der Waals surface area contributed by atoms with Crippen molar-refractivity contribution in [3.63, 3.8) is 0 Å². The number of nitrogens with zero attached hydrogens (tertiary/aromatic N) is 1. The molecular formula is C15H17ClN2O2S. The Morgan fingerprint density at radius 3 is 2.19 bits per heavy atom. The minimum atomic E-state index is -3.75. The van der Waals surface area contributed by atoms with Gasteiger partial charge in [0, 0.05) is 12.1 Å². The molecule has 0 saturated carbocycles. The Labute approximate surface area is 130 Å². The Morgan fingerprint density at radius 1 is 1.05 bits per heavy atom. The second kappa shape index (κ2) is 5.58. The van der Waals surface area contributed by atoms with Crippen molar-refractivity contribution >= 4 is 33.0 Å². The molecule has 0 aliphatic heterocycles. The lowest BCUT2D eigenvalue weighted by Crippen LogP contribution is -2.27. The normalized spacial score (nSPS) is 11.4. The lowest BCUT2D eigenvalue weighted by Gasteiger charge is -2.21. The minimum Gasteiger partial charge on any atom is -0.398 e. The molecule has 0 aliphatic carbocycles. The molecule has 0 saturated heterocycles. The number of nitrogen functional groups attached to an aromatic ring is 1. The van der Waals surface area contributed by atoms with Crippen LogP contribution >= 0.6 is 11.6 Å². The van der Waals surface area contributed by atoms with Gasteiger partial charge in [-0.2, -0.15) is 0 Å². The van der Waals surface area contributed by atoms with Crippen molar-refractivity contribution in [3.05, 3.63) is 52.5 Å². The molecule has 0 unspecified atom stereocenters. The zero-order chi connectivity index (χ0) is 15.8. The van der Waals surface area contributed by atoms with E-state index in [4.69, 9.17) is 17.3 Å². The van der Waals surface area contributed by atoms with Crippen LogP contribution in [0.5, 0.6) is 0 Å². The predicted octanol–water partition coefficient (Wildman–Crippen LogP) is 3.36. The van der Waals surface area contributed by atoms with E-state index < -0.39 is 10.0 Å². The fourth-order valence-corrected chi connectivity index (χ4v) is 3.71. The molecule has 0 fully saturated rings. The monoisotopic (exact) mass is 324 g/mol. The van der Waals surface area contributed by atoms with Gasteiger partial charge in [-0.25, -0.2) is 8.42 Å². The summed E-state index contributed by atoms with van der Waals surface area (Å²) < 4.78 is 26.6. The Bertz CT molecular complexity index is 768. The Hall–Kier alpha value is -1.72. The lowest BCUT2D eigenvalue weighted by molar-refractivity contribution is 0.595. The smallest absolute Gasteiger partial charge is 0.266 e. The number of hydrogen-bond acceptors (Lipinski definition) is 3. The van der Waals surface area contributed by atoms with Crippen LogP contribution in [0.25, 0.3) is 0 Å². The van der Waals surface area contributed by atoms with E-state index in [2.05, 4.69) is 0 Å². The molecule has 0 aromatic heterocycles. The molecule has 0 amide bonds. The Kier molecular flexibility index (Phi) is 4.16. The van der Waals surface area contributed by atoms with Crippen molar-refractivity contribution < 1.29 is 8.42 Å². The summed E-state index contributed by atoms with van der Waals surface area (Å²) >= 11 is 5.89. The summed E-state index contributed by atoms with van der Waals surface area (Å²) in [6, 6.07) is 10.0. The molecule has 0 heterocycles. The standard InChI is InChI=1S/C15H17ClN2O2S/c1-10-6-11(2)8-13(7-10)18(3)21(19,20)15-9-12(16)4-5-14(15)17/h4-9H,17H2,1-3H3. The topological polar surface area (TPSA) is 63.4 Å². The van der Waals surface area contributed by atoms with Gasteiger partial charge in [-0.1, -0.05) is 17.7 Å². The third-order valence-electron chi connectivity index (χ3n) is 3.18. The number of halogens is 1. The first-order valence-corrected chi connectivity index (χ1v) is 8.16. The van der Waals surface area contributed by atoms with Gasteiger partial charge in [0.2, 0.25) is 0 Å². The van der Waals surface area contributed by atoms with E-state index in [1.165, 1.54) is 23.5 Å². The second-order valence-electron chi connectivity index (χ2n) is 5.00. The van der Waals surface area contributed by atoms with Crippen molar-refractivity contribution in [2.75, 3.05) is 17.1 Å². The number of hydrogen-bond donors (Lipinski definition) is 1. The molecule has 0 aliphatic rings. The van der Waals surface area contributed by atoms with E-state index in [1.54, 1.807) is 6.07 Å². The molecule has 2 N–H and O–H groups in total. The van der Waals surface area contributed by atoms with Crippen LogP contribution in [0.1, 0.15) is 11.1 Å². The number of rotatable bonds is 3. The zero-order valence-corrected chi connectivity index (χ0v) is 13.7. The molecular weight excluding hydrogens is 308 g/mol. The first-order valence-electron chi connectivity index (χ1n) is 6.34. The van der Waals surface area contributed by atoms with Crippen LogP contribution in [0.4, 0.5) is 11.4 Å². The van der Waals surface area contributed by atoms with Crippen LogP contribution < -0.4 is 10.0 Å². The third-order valence-corrected chi connectivity index (χ3v) is 5.26. The average molecular weight is 325 g/mol. The van der Waals surface area contributed by atoms with Crippen molar-refractivity contribution in [3.8, 4) is 0 Å². The first kappa shape index (κ1) is 15.7. The molecule has 0 atom stereocenters. The van der Waals surface area contributed by atoms with E-state index >= 15 is 0 Å². The lowest BCUT2D eigenvalue weighted by atomic mass is 10.1. The highest BCUT2D eigenvalue weighted by atomic mass is 35.5. The zero-order valence-electron chi connectivity index (χ0n) is 12.1. The fourth-order valence-electron chi connectivity index (χ4n) is 2.15. The summed E-state index contributed by atoms with van der Waals surface area (Å²) in [5.74, 6) is 0. The number of nitrogens with two attached hydrogens (primary N) is 1. The van der Waals surface area contributed by atoms with Gasteiger partial charge in [-0.15, -0.1) is 0 Å². The van der Waals surface area contributed by atoms with Gasteiger partial charge in [0.25, 0.3) is 10.0 Å². The summed E-state index contributed by atoms with van der Waals surface area (Å²) in [7, 11) is -2.25.